The molecule has 9 atom stereocenters. The van der Waals surface area contributed by atoms with Crippen molar-refractivity contribution in [2.24, 2.45) is 11.3 Å². The van der Waals surface area contributed by atoms with Gasteiger partial charge in [0.05, 0.1) is 25.8 Å². The van der Waals surface area contributed by atoms with Crippen LogP contribution in [0.15, 0.2) is 90.5 Å². The fraction of sp³-hybridized carbons (Fsp3) is 0.481. The van der Waals surface area contributed by atoms with Gasteiger partial charge in [0.1, 0.15) is 23.9 Å². The zero-order valence-corrected chi connectivity index (χ0v) is 37.8. The first-order chi connectivity index (χ1) is 30.9. The zero-order valence-electron chi connectivity index (χ0n) is 37.8. The smallest absolute Gasteiger partial charge is 0.338 e. The van der Waals surface area contributed by atoms with Crippen LogP contribution in [-0.4, -0.2) is 122 Å². The molecule has 64 heavy (non-hydrogen) atoms. The molecule has 1 spiro atoms. The summed E-state index contributed by atoms with van der Waals surface area (Å²) in [6.07, 6.45) is 8.85. The number of nitrogens with zero attached hydrogens (tertiary/aromatic N) is 3. The maximum Gasteiger partial charge on any atom is 0.338 e. The van der Waals surface area contributed by atoms with E-state index in [-0.39, 0.29) is 17.9 Å². The molecule has 2 bridgehead atoms. The van der Waals surface area contributed by atoms with Gasteiger partial charge in [-0.3, -0.25) is 19.4 Å². The SMILES string of the molecule is CCC1=C[C@@H]2CN(CCc3c([nH]c4ccccc34)[C@@](C(=O)OC)(c3cc4c(cc3OC)N(C)[C@H]3[C@@](O)(COC(=O)c5ccccc5)[C@H](OC(C)=O)[C@]5(CC)C=CCN6CC[C@@]43[C@H]65)C2)C1. The van der Waals surface area contributed by atoms with Crippen molar-refractivity contribution in [2.75, 3.05) is 65.5 Å². The Labute approximate surface area is 375 Å². The van der Waals surface area contributed by atoms with Crippen molar-refractivity contribution in [3.63, 3.8) is 0 Å². The van der Waals surface area contributed by atoms with Crippen molar-refractivity contribution in [1.82, 2.24) is 14.8 Å². The van der Waals surface area contributed by atoms with Crippen LogP contribution in [0.1, 0.15) is 79.2 Å². The van der Waals surface area contributed by atoms with Crippen LogP contribution in [0, 0.1) is 11.3 Å². The molecule has 1 aliphatic carbocycles. The van der Waals surface area contributed by atoms with E-state index in [1.165, 1.54) is 19.6 Å². The lowest BCUT2D eigenvalue weighted by atomic mass is 9.47. The molecule has 2 N–H and O–H groups in total. The predicted molar refractivity (Wildman–Crippen MR) is 244 cm³/mol. The van der Waals surface area contributed by atoms with Crippen molar-refractivity contribution in [3.05, 3.63) is 118 Å². The van der Waals surface area contributed by atoms with E-state index in [2.05, 4.69) is 76.0 Å². The van der Waals surface area contributed by atoms with Gasteiger partial charge in [-0.1, -0.05) is 74.0 Å². The molecule has 12 heteroatoms. The second kappa shape index (κ2) is 15.6. The molecule has 1 saturated carbocycles. The Morgan fingerprint density at radius 2 is 1.75 bits per heavy atom. The van der Waals surface area contributed by atoms with Crippen LogP contribution in [0.3, 0.4) is 0 Å². The molecule has 6 aliphatic rings. The molecule has 4 aromatic rings. The number of rotatable bonds is 9. The van der Waals surface area contributed by atoms with Crippen LogP contribution >= 0.6 is 0 Å². The van der Waals surface area contributed by atoms with E-state index in [1.807, 2.05) is 25.2 Å². The average Bonchev–Trinajstić information content (AvgIpc) is 3.98. The lowest BCUT2D eigenvalue weighted by molar-refractivity contribution is -0.228. The van der Waals surface area contributed by atoms with Crippen molar-refractivity contribution < 1.29 is 38.4 Å². The number of methoxy groups -OCH3 is 2. The van der Waals surface area contributed by atoms with E-state index in [0.29, 0.717) is 49.2 Å². The normalized spacial score (nSPS) is 32.5. The Morgan fingerprint density at radius 1 is 0.969 bits per heavy atom. The van der Waals surface area contributed by atoms with Gasteiger partial charge >= 0.3 is 17.9 Å². The Morgan fingerprint density at radius 3 is 2.48 bits per heavy atom. The molecule has 336 valence electrons. The van der Waals surface area contributed by atoms with Crippen LogP contribution < -0.4 is 9.64 Å². The van der Waals surface area contributed by atoms with Gasteiger partial charge < -0.3 is 33.9 Å². The fourth-order valence-electron chi connectivity index (χ4n) is 13.8. The third kappa shape index (κ3) is 5.93. The molecule has 6 heterocycles. The van der Waals surface area contributed by atoms with Gasteiger partial charge in [0.2, 0.25) is 0 Å². The number of para-hydroxylation sites is 1. The number of aromatic amines is 1. The summed E-state index contributed by atoms with van der Waals surface area (Å²) in [6, 6.07) is 20.3. The summed E-state index contributed by atoms with van der Waals surface area (Å²) in [5.41, 5.74) is 2.16. The highest BCUT2D eigenvalue weighted by Gasteiger charge is 2.78. The maximum atomic E-state index is 15.4. The lowest BCUT2D eigenvalue weighted by Gasteiger charge is -2.64. The summed E-state index contributed by atoms with van der Waals surface area (Å²) >= 11 is 0. The number of nitrogens with one attached hydrogen (secondary N) is 1. The quantitative estimate of drug-likeness (QED) is 0.109. The first kappa shape index (κ1) is 42.5. The number of aliphatic hydroxyl groups is 1. The van der Waals surface area contributed by atoms with E-state index in [9.17, 15) is 14.7 Å². The van der Waals surface area contributed by atoms with Crippen LogP contribution in [0.5, 0.6) is 5.75 Å². The number of esters is 3. The minimum atomic E-state index is -1.91. The number of fused-ring (bicyclic) bond motifs is 6. The van der Waals surface area contributed by atoms with Crippen LogP contribution in [0.4, 0.5) is 5.69 Å². The van der Waals surface area contributed by atoms with Gasteiger partial charge in [-0.25, -0.2) is 4.79 Å². The van der Waals surface area contributed by atoms with Crippen LogP contribution in [-0.2, 0) is 41.1 Å². The van der Waals surface area contributed by atoms with E-state index >= 15 is 4.79 Å². The molecule has 5 aliphatic heterocycles. The number of hydrogen-bond acceptors (Lipinski definition) is 11. The molecule has 0 radical (unpaired) electrons. The first-order valence-electron chi connectivity index (χ1n) is 23.0. The monoisotopic (exact) mass is 868 g/mol. The molecular formula is C52H60N4O8. The molecular weight excluding hydrogens is 809 g/mol. The zero-order chi connectivity index (χ0) is 44.8. The highest BCUT2D eigenvalue weighted by atomic mass is 16.6. The Kier molecular flexibility index (Phi) is 10.4. The number of ether oxygens (including phenoxy) is 4. The fourth-order valence-corrected chi connectivity index (χ4v) is 13.8. The average molecular weight is 869 g/mol. The van der Waals surface area contributed by atoms with Crippen molar-refractivity contribution in [1.29, 1.82) is 0 Å². The Bertz CT molecular complexity index is 2590. The minimum Gasteiger partial charge on any atom is -0.496 e. The van der Waals surface area contributed by atoms with Crippen LogP contribution in [0.2, 0.25) is 0 Å². The number of carbonyl (C=O) groups excluding carboxylic acids is 3. The number of benzene rings is 3. The number of aromatic nitrogens is 1. The maximum absolute atomic E-state index is 15.4. The Balaban J connectivity index is 1.24. The van der Waals surface area contributed by atoms with Gasteiger partial charge in [0.15, 0.2) is 5.60 Å². The molecule has 1 unspecified atom stereocenters. The van der Waals surface area contributed by atoms with E-state index < -0.39 is 52.5 Å². The summed E-state index contributed by atoms with van der Waals surface area (Å²) in [7, 11) is 5.09. The number of hydrogen-bond donors (Lipinski definition) is 2. The van der Waals surface area contributed by atoms with Crippen molar-refractivity contribution >= 4 is 34.5 Å². The van der Waals surface area contributed by atoms with Crippen molar-refractivity contribution in [3.8, 4) is 5.75 Å². The number of carbonyl (C=O) groups is 3. The number of H-pyrrole nitrogens is 1. The largest absolute Gasteiger partial charge is 0.496 e. The minimum absolute atomic E-state index is 0.0217. The topological polar surface area (TPSA) is 134 Å². The van der Waals surface area contributed by atoms with Crippen LogP contribution in [0.25, 0.3) is 10.9 Å². The summed E-state index contributed by atoms with van der Waals surface area (Å²) in [5, 5.41) is 14.9. The summed E-state index contributed by atoms with van der Waals surface area (Å²) < 4.78 is 25.0. The molecule has 2 fully saturated rings. The standard InChI is InChI=1S/C52H60N4O8/c1-7-33-25-34-28-51(48(59)62-6,43-37(19-23-55(29-33)30-34)36-17-12-13-18-40(36)53-43)39-26-38-41(27-42(39)61-5)54(4)46-50(38)21-24-56-22-14-20-49(8-2,45(50)56)47(64-32(3)57)52(46,60)31-63-44(58)35-15-10-9-11-16-35/h9-18,20,25-27,34,45-47,53,60H,7-8,19,21-24,28-31H2,1-6H3/t34-,45+,46+,47+,49+,50-,51-,52-/m0/s1. The molecule has 3 aromatic carbocycles. The highest BCUT2D eigenvalue weighted by molar-refractivity contribution is 5.94. The molecule has 12 nitrogen and oxygen atoms in total. The van der Waals surface area contributed by atoms with E-state index in [0.717, 1.165) is 65.9 Å². The lowest BCUT2D eigenvalue weighted by Crippen LogP contribution is -2.80. The summed E-state index contributed by atoms with van der Waals surface area (Å²) in [4.78, 5) is 53.4. The summed E-state index contributed by atoms with van der Waals surface area (Å²) in [6.45, 7) is 9.18. The third-order valence-corrected chi connectivity index (χ3v) is 16.1. The number of likely N-dealkylation sites (N-methyl/N-ethyl adjacent to an activating group) is 1. The molecule has 1 aromatic heterocycles. The molecule has 0 amide bonds. The van der Waals surface area contributed by atoms with Gasteiger partial charge in [0, 0.05) is 90.9 Å². The van der Waals surface area contributed by atoms with Gasteiger partial charge in [-0.2, -0.15) is 0 Å². The van der Waals surface area contributed by atoms with Gasteiger partial charge in [-0.05, 0) is 80.0 Å². The molecule has 10 rings (SSSR count). The van der Waals surface area contributed by atoms with Gasteiger partial charge in [0.25, 0.3) is 0 Å². The van der Waals surface area contributed by atoms with Crippen molar-refractivity contribution in [2.45, 2.75) is 87.5 Å². The first-order valence-corrected chi connectivity index (χ1v) is 23.0. The van der Waals surface area contributed by atoms with E-state index in [1.54, 1.807) is 31.4 Å². The second-order valence-electron chi connectivity index (χ2n) is 19.1. The van der Waals surface area contributed by atoms with E-state index in [4.69, 9.17) is 18.9 Å². The third-order valence-electron chi connectivity index (χ3n) is 16.1. The second-order valence-corrected chi connectivity index (χ2v) is 19.1. The highest BCUT2D eigenvalue weighted by Crippen LogP contribution is 2.68. The predicted octanol–water partition coefficient (Wildman–Crippen LogP) is 6.48. The summed E-state index contributed by atoms with van der Waals surface area (Å²) in [5.74, 6) is -0.933. The number of anilines is 1. The Hall–Kier alpha value is -5.43. The molecule has 1 saturated heterocycles. The van der Waals surface area contributed by atoms with Gasteiger partial charge in [-0.15, -0.1) is 0 Å².